The molecule has 0 fully saturated rings. The summed E-state index contributed by atoms with van der Waals surface area (Å²) in [5.74, 6) is 0.163. The molecule has 96 valence electrons. The van der Waals surface area contributed by atoms with Crippen LogP contribution in [0.3, 0.4) is 0 Å². The van der Waals surface area contributed by atoms with Gasteiger partial charge in [0.25, 0.3) is 0 Å². The standard InChI is InChI=1S/C12H15FN4O/c1-3-4-10-12(14)15-16-17(10)8-5-6-9(13)11(7-8)18-2/h5-7H,3-4,14H2,1-2H3. The van der Waals surface area contributed by atoms with E-state index in [1.165, 1.54) is 13.2 Å². The van der Waals surface area contributed by atoms with Gasteiger partial charge in [0.05, 0.1) is 18.5 Å². The SMILES string of the molecule is CCCc1c(N)nnn1-c1ccc(F)c(OC)c1. The Morgan fingerprint density at radius 1 is 1.44 bits per heavy atom. The largest absolute Gasteiger partial charge is 0.494 e. The van der Waals surface area contributed by atoms with Crippen molar-refractivity contribution in [3.63, 3.8) is 0 Å². The molecule has 0 aliphatic rings. The second-order valence-corrected chi connectivity index (χ2v) is 3.90. The predicted molar refractivity (Wildman–Crippen MR) is 66.3 cm³/mol. The Morgan fingerprint density at radius 2 is 2.22 bits per heavy atom. The van der Waals surface area contributed by atoms with Gasteiger partial charge in [-0.15, -0.1) is 5.10 Å². The van der Waals surface area contributed by atoms with E-state index in [1.807, 2.05) is 6.92 Å². The van der Waals surface area contributed by atoms with Crippen LogP contribution >= 0.6 is 0 Å². The van der Waals surface area contributed by atoms with Crippen molar-refractivity contribution in [2.45, 2.75) is 19.8 Å². The molecular weight excluding hydrogens is 235 g/mol. The summed E-state index contributed by atoms with van der Waals surface area (Å²) in [6.45, 7) is 2.04. The molecule has 6 heteroatoms. The zero-order chi connectivity index (χ0) is 13.1. The Labute approximate surface area is 104 Å². The third-order valence-corrected chi connectivity index (χ3v) is 2.66. The van der Waals surface area contributed by atoms with E-state index < -0.39 is 5.82 Å². The number of nitrogens with two attached hydrogens (primary N) is 1. The van der Waals surface area contributed by atoms with E-state index >= 15 is 0 Å². The second-order valence-electron chi connectivity index (χ2n) is 3.90. The molecule has 1 aromatic carbocycles. The van der Waals surface area contributed by atoms with Gasteiger partial charge in [-0.25, -0.2) is 9.07 Å². The molecule has 0 unspecified atom stereocenters. The first-order valence-electron chi connectivity index (χ1n) is 5.71. The molecular formula is C12H15FN4O. The van der Waals surface area contributed by atoms with Crippen LogP contribution in [0.15, 0.2) is 18.2 Å². The van der Waals surface area contributed by atoms with Crippen LogP contribution in [-0.4, -0.2) is 22.1 Å². The Bertz CT molecular complexity index is 553. The summed E-state index contributed by atoms with van der Waals surface area (Å²) in [5.41, 5.74) is 7.27. The van der Waals surface area contributed by atoms with Gasteiger partial charge in [-0.05, 0) is 18.6 Å². The van der Waals surface area contributed by atoms with Crippen molar-refractivity contribution in [3.8, 4) is 11.4 Å². The van der Waals surface area contributed by atoms with Crippen LogP contribution < -0.4 is 10.5 Å². The van der Waals surface area contributed by atoms with Crippen molar-refractivity contribution in [1.82, 2.24) is 15.0 Å². The monoisotopic (exact) mass is 250 g/mol. The van der Waals surface area contributed by atoms with Gasteiger partial charge in [0.15, 0.2) is 17.4 Å². The number of hydrogen-bond acceptors (Lipinski definition) is 4. The summed E-state index contributed by atoms with van der Waals surface area (Å²) in [5, 5.41) is 7.82. The molecule has 0 saturated carbocycles. The normalized spacial score (nSPS) is 10.6. The molecule has 1 aromatic heterocycles. The molecule has 0 bridgehead atoms. The van der Waals surface area contributed by atoms with Crippen LogP contribution in [0.2, 0.25) is 0 Å². The molecule has 0 saturated heterocycles. The summed E-state index contributed by atoms with van der Waals surface area (Å²) in [6, 6.07) is 4.52. The molecule has 1 heterocycles. The number of nitrogens with zero attached hydrogens (tertiary/aromatic N) is 3. The highest BCUT2D eigenvalue weighted by molar-refractivity contribution is 5.44. The zero-order valence-electron chi connectivity index (χ0n) is 10.4. The van der Waals surface area contributed by atoms with Gasteiger partial charge in [-0.3, -0.25) is 0 Å². The maximum absolute atomic E-state index is 13.3. The highest BCUT2D eigenvalue weighted by atomic mass is 19.1. The number of hydrogen-bond donors (Lipinski definition) is 1. The van der Waals surface area contributed by atoms with Crippen molar-refractivity contribution in [1.29, 1.82) is 0 Å². The predicted octanol–water partition coefficient (Wildman–Crippen LogP) is 1.95. The summed E-state index contributed by atoms with van der Waals surface area (Å²) >= 11 is 0. The fourth-order valence-corrected chi connectivity index (χ4v) is 1.77. The van der Waals surface area contributed by atoms with E-state index in [0.717, 1.165) is 18.5 Å². The fraction of sp³-hybridized carbons (Fsp3) is 0.333. The molecule has 0 spiro atoms. The number of nitrogen functional groups attached to an aromatic ring is 1. The molecule has 0 radical (unpaired) electrons. The first kappa shape index (κ1) is 12.3. The van der Waals surface area contributed by atoms with Crippen molar-refractivity contribution in [3.05, 3.63) is 29.7 Å². The number of anilines is 1. The van der Waals surface area contributed by atoms with Gasteiger partial charge in [0.1, 0.15) is 0 Å². The Kier molecular flexibility index (Phi) is 3.45. The lowest BCUT2D eigenvalue weighted by Gasteiger charge is -2.08. The van der Waals surface area contributed by atoms with Gasteiger partial charge in [0, 0.05) is 6.07 Å². The van der Waals surface area contributed by atoms with Crippen LogP contribution in [0.5, 0.6) is 5.75 Å². The molecule has 0 aliphatic heterocycles. The molecule has 2 rings (SSSR count). The lowest BCUT2D eigenvalue weighted by atomic mass is 10.2. The third-order valence-electron chi connectivity index (χ3n) is 2.66. The molecule has 0 amide bonds. The van der Waals surface area contributed by atoms with E-state index in [4.69, 9.17) is 10.5 Å². The Hall–Kier alpha value is -2.11. The number of ether oxygens (including phenoxy) is 1. The summed E-state index contributed by atoms with van der Waals surface area (Å²) in [7, 11) is 1.42. The quantitative estimate of drug-likeness (QED) is 0.900. The number of aromatic nitrogens is 3. The van der Waals surface area contributed by atoms with E-state index in [0.29, 0.717) is 11.5 Å². The lowest BCUT2D eigenvalue weighted by molar-refractivity contribution is 0.386. The zero-order valence-corrected chi connectivity index (χ0v) is 10.4. The van der Waals surface area contributed by atoms with E-state index in [2.05, 4.69) is 10.3 Å². The van der Waals surface area contributed by atoms with Crippen molar-refractivity contribution in [2.75, 3.05) is 12.8 Å². The average Bonchev–Trinajstić information content (AvgIpc) is 2.73. The minimum absolute atomic E-state index is 0.170. The van der Waals surface area contributed by atoms with Crippen LogP contribution in [0.25, 0.3) is 5.69 Å². The molecule has 0 atom stereocenters. The van der Waals surface area contributed by atoms with Gasteiger partial charge >= 0.3 is 0 Å². The van der Waals surface area contributed by atoms with Gasteiger partial charge in [-0.2, -0.15) is 0 Å². The minimum Gasteiger partial charge on any atom is -0.494 e. The second kappa shape index (κ2) is 5.03. The van der Waals surface area contributed by atoms with Crippen molar-refractivity contribution >= 4 is 5.82 Å². The van der Waals surface area contributed by atoms with E-state index in [9.17, 15) is 4.39 Å². The molecule has 2 N–H and O–H groups in total. The lowest BCUT2D eigenvalue weighted by Crippen LogP contribution is -2.04. The first-order chi connectivity index (χ1) is 8.67. The third kappa shape index (κ3) is 2.13. The molecule has 0 aliphatic carbocycles. The summed E-state index contributed by atoms with van der Waals surface area (Å²) < 4.78 is 19.9. The first-order valence-corrected chi connectivity index (χ1v) is 5.71. The topological polar surface area (TPSA) is 66.0 Å². The minimum atomic E-state index is -0.411. The van der Waals surface area contributed by atoms with Crippen LogP contribution in [0.4, 0.5) is 10.2 Å². The highest BCUT2D eigenvalue weighted by Crippen LogP contribution is 2.23. The number of benzene rings is 1. The maximum atomic E-state index is 13.3. The maximum Gasteiger partial charge on any atom is 0.169 e. The fourth-order valence-electron chi connectivity index (χ4n) is 1.77. The highest BCUT2D eigenvalue weighted by Gasteiger charge is 2.12. The van der Waals surface area contributed by atoms with Crippen molar-refractivity contribution < 1.29 is 9.13 Å². The molecule has 2 aromatic rings. The Morgan fingerprint density at radius 3 is 2.89 bits per heavy atom. The van der Waals surface area contributed by atoms with Gasteiger partial charge in [0.2, 0.25) is 0 Å². The van der Waals surface area contributed by atoms with E-state index in [-0.39, 0.29) is 5.75 Å². The molecule has 18 heavy (non-hydrogen) atoms. The van der Waals surface area contributed by atoms with Gasteiger partial charge in [-0.1, -0.05) is 18.6 Å². The Balaban J connectivity index is 2.48. The van der Waals surface area contributed by atoms with Crippen LogP contribution in [0, 0.1) is 5.82 Å². The smallest absolute Gasteiger partial charge is 0.169 e. The van der Waals surface area contributed by atoms with Crippen LogP contribution in [-0.2, 0) is 6.42 Å². The summed E-state index contributed by atoms with van der Waals surface area (Å²) in [4.78, 5) is 0. The van der Waals surface area contributed by atoms with Gasteiger partial charge < -0.3 is 10.5 Å². The number of halogens is 1. The van der Waals surface area contributed by atoms with Crippen molar-refractivity contribution in [2.24, 2.45) is 0 Å². The van der Waals surface area contributed by atoms with E-state index in [1.54, 1.807) is 16.8 Å². The summed E-state index contributed by atoms with van der Waals surface area (Å²) in [6.07, 6.45) is 1.69. The number of methoxy groups -OCH3 is 1. The average molecular weight is 250 g/mol. The molecule has 5 nitrogen and oxygen atoms in total. The number of rotatable bonds is 4. The van der Waals surface area contributed by atoms with Crippen LogP contribution in [0.1, 0.15) is 19.0 Å².